The second-order valence-electron chi connectivity index (χ2n) is 7.94. The van der Waals surface area contributed by atoms with Crippen LogP contribution in [0.15, 0.2) is 36.9 Å². The molecule has 2 aromatic rings. The fourth-order valence-corrected chi connectivity index (χ4v) is 3.41. The third-order valence-electron chi connectivity index (χ3n) is 4.91. The van der Waals surface area contributed by atoms with E-state index in [4.69, 9.17) is 4.74 Å². The van der Waals surface area contributed by atoms with E-state index in [-0.39, 0.29) is 18.1 Å². The third kappa shape index (κ3) is 5.57. The van der Waals surface area contributed by atoms with E-state index < -0.39 is 35.7 Å². The average Bonchev–Trinajstić information content (AvgIpc) is 2.74. The number of nitrogens with one attached hydrogen (secondary N) is 2. The number of aliphatic hydroxyl groups is 1. The Bertz CT molecular complexity index is 1100. The van der Waals surface area contributed by atoms with Crippen LogP contribution in [0.4, 0.5) is 29.5 Å². The summed E-state index contributed by atoms with van der Waals surface area (Å²) in [7, 11) is 1.42. The van der Waals surface area contributed by atoms with Gasteiger partial charge in [0.15, 0.2) is 5.82 Å². The number of pyridine rings is 1. The van der Waals surface area contributed by atoms with Gasteiger partial charge in [-0.15, -0.1) is 13.2 Å². The van der Waals surface area contributed by atoms with Gasteiger partial charge in [-0.3, -0.25) is 9.69 Å². The molecule has 182 valence electrons. The van der Waals surface area contributed by atoms with E-state index in [0.717, 1.165) is 17.0 Å². The van der Waals surface area contributed by atoms with Gasteiger partial charge >= 0.3 is 12.4 Å². The maximum atomic E-state index is 13.2. The lowest BCUT2D eigenvalue weighted by Gasteiger charge is -2.34. The zero-order valence-corrected chi connectivity index (χ0v) is 18.6. The molecule has 0 fully saturated rings. The van der Waals surface area contributed by atoms with Gasteiger partial charge in [-0.25, -0.2) is 9.78 Å². The molecule has 0 spiro atoms. The summed E-state index contributed by atoms with van der Waals surface area (Å²) in [5.74, 6) is -0.455. The van der Waals surface area contributed by atoms with Crippen molar-refractivity contribution < 1.29 is 37.3 Å². The quantitative estimate of drug-likeness (QED) is 0.582. The van der Waals surface area contributed by atoms with Crippen molar-refractivity contribution in [2.45, 2.75) is 31.9 Å². The SMILES string of the molecule is C=Cc1nc2c(cc1OC)NC(=O)CN2C(=O)NC(c1ccc(OC(F)(F)F)cc1)C(C)(C)O. The monoisotopic (exact) mass is 480 g/mol. The molecule has 3 amide bonds. The number of benzene rings is 1. The van der Waals surface area contributed by atoms with Crippen molar-refractivity contribution in [1.82, 2.24) is 10.3 Å². The molecule has 3 N–H and O–H groups in total. The number of anilines is 2. The van der Waals surface area contributed by atoms with E-state index in [1.807, 2.05) is 0 Å². The second-order valence-corrected chi connectivity index (χ2v) is 7.94. The zero-order chi connectivity index (χ0) is 25.3. The fourth-order valence-electron chi connectivity index (χ4n) is 3.41. The minimum atomic E-state index is -4.85. The molecule has 0 saturated heterocycles. The summed E-state index contributed by atoms with van der Waals surface area (Å²) in [6.45, 7) is 6.15. The number of methoxy groups -OCH3 is 1. The van der Waals surface area contributed by atoms with Gasteiger partial charge in [-0.05, 0) is 37.6 Å². The molecule has 1 aromatic heterocycles. The van der Waals surface area contributed by atoms with E-state index in [0.29, 0.717) is 17.0 Å². The lowest BCUT2D eigenvalue weighted by molar-refractivity contribution is -0.274. The van der Waals surface area contributed by atoms with Crippen molar-refractivity contribution in [2.75, 3.05) is 23.9 Å². The topological polar surface area (TPSA) is 113 Å². The summed E-state index contributed by atoms with van der Waals surface area (Å²) in [5, 5.41) is 15.9. The minimum Gasteiger partial charge on any atom is -0.494 e. The first-order valence-corrected chi connectivity index (χ1v) is 10.00. The number of amides is 3. The first kappa shape index (κ1) is 24.8. The van der Waals surface area contributed by atoms with Crippen LogP contribution in [0.2, 0.25) is 0 Å². The number of halogens is 3. The van der Waals surface area contributed by atoms with Gasteiger partial charge in [0.25, 0.3) is 0 Å². The van der Waals surface area contributed by atoms with Crippen molar-refractivity contribution in [3.05, 3.63) is 48.2 Å². The molecule has 1 unspecified atom stereocenters. The van der Waals surface area contributed by atoms with Crippen LogP contribution in [0.25, 0.3) is 6.08 Å². The standard InChI is InChI=1S/C22H23F3N4O5/c1-5-14-16(33-4)10-15-19(27-14)29(11-17(30)26-15)20(31)28-18(21(2,3)32)12-6-8-13(9-7-12)34-22(23,24)25/h5-10,18,32H,1,11H2,2-4H3,(H,26,30)(H,28,31). The van der Waals surface area contributed by atoms with E-state index in [2.05, 4.69) is 26.9 Å². The van der Waals surface area contributed by atoms with Gasteiger partial charge in [-0.1, -0.05) is 18.7 Å². The number of carbonyl (C=O) groups excluding carboxylic acids is 2. The molecule has 0 bridgehead atoms. The van der Waals surface area contributed by atoms with E-state index in [1.54, 1.807) is 0 Å². The summed E-state index contributed by atoms with van der Waals surface area (Å²) in [6, 6.07) is 4.42. The molecule has 2 heterocycles. The maximum absolute atomic E-state index is 13.2. The number of fused-ring (bicyclic) bond motifs is 1. The van der Waals surface area contributed by atoms with Crippen LogP contribution in [0, 0.1) is 0 Å². The minimum absolute atomic E-state index is 0.135. The molecule has 1 aliphatic heterocycles. The van der Waals surface area contributed by atoms with Crippen molar-refractivity contribution in [1.29, 1.82) is 0 Å². The van der Waals surface area contributed by atoms with Gasteiger partial charge in [0, 0.05) is 6.07 Å². The van der Waals surface area contributed by atoms with Crippen molar-refractivity contribution in [2.24, 2.45) is 0 Å². The number of ether oxygens (including phenoxy) is 2. The molecule has 1 aliphatic rings. The molecule has 0 aliphatic carbocycles. The maximum Gasteiger partial charge on any atom is 0.573 e. The molecule has 34 heavy (non-hydrogen) atoms. The van der Waals surface area contributed by atoms with Gasteiger partial charge in [-0.2, -0.15) is 0 Å². The molecular formula is C22H23F3N4O5. The summed E-state index contributed by atoms with van der Waals surface area (Å²) in [6.07, 6.45) is -3.43. The lowest BCUT2D eigenvalue weighted by atomic mass is 9.92. The molecule has 0 radical (unpaired) electrons. The predicted molar refractivity (Wildman–Crippen MR) is 118 cm³/mol. The summed E-state index contributed by atoms with van der Waals surface area (Å²) >= 11 is 0. The number of aromatic nitrogens is 1. The highest BCUT2D eigenvalue weighted by atomic mass is 19.4. The number of alkyl halides is 3. The first-order valence-electron chi connectivity index (χ1n) is 10.00. The van der Waals surface area contributed by atoms with Crippen LogP contribution in [-0.2, 0) is 4.79 Å². The van der Waals surface area contributed by atoms with Gasteiger partial charge in [0.1, 0.15) is 23.7 Å². The number of hydrogen-bond donors (Lipinski definition) is 3. The highest BCUT2D eigenvalue weighted by molar-refractivity contribution is 6.09. The number of hydrogen-bond acceptors (Lipinski definition) is 6. The molecule has 9 nitrogen and oxygen atoms in total. The summed E-state index contributed by atoms with van der Waals surface area (Å²) in [5.41, 5.74) is -0.633. The second kappa shape index (κ2) is 9.21. The number of rotatable bonds is 6. The molecule has 12 heteroatoms. The number of carbonyl (C=O) groups is 2. The first-order chi connectivity index (χ1) is 15.8. The summed E-state index contributed by atoms with van der Waals surface area (Å²) < 4.78 is 46.4. The highest BCUT2D eigenvalue weighted by Gasteiger charge is 2.36. The number of urea groups is 1. The molecule has 1 aromatic carbocycles. The molecule has 0 saturated carbocycles. The van der Waals surface area contributed by atoms with Crippen LogP contribution in [-0.4, -0.2) is 47.6 Å². The molecular weight excluding hydrogens is 457 g/mol. The average molecular weight is 480 g/mol. The molecule has 3 rings (SSSR count). The number of nitrogens with zero attached hydrogens (tertiary/aromatic N) is 2. The van der Waals surface area contributed by atoms with Crippen molar-refractivity contribution in [3.8, 4) is 11.5 Å². The Morgan fingerprint density at radius 1 is 1.32 bits per heavy atom. The Morgan fingerprint density at radius 2 is 1.97 bits per heavy atom. The zero-order valence-electron chi connectivity index (χ0n) is 18.6. The predicted octanol–water partition coefficient (Wildman–Crippen LogP) is 3.61. The van der Waals surface area contributed by atoms with Crippen LogP contribution in [0.5, 0.6) is 11.5 Å². The van der Waals surface area contributed by atoms with Gasteiger partial charge in [0.2, 0.25) is 5.91 Å². The molecule has 1 atom stereocenters. The largest absolute Gasteiger partial charge is 0.573 e. The smallest absolute Gasteiger partial charge is 0.494 e. The third-order valence-corrected chi connectivity index (χ3v) is 4.91. The van der Waals surface area contributed by atoms with Crippen LogP contribution < -0.4 is 25.0 Å². The normalized spacial score (nSPS) is 14.6. The Kier molecular flexibility index (Phi) is 6.73. The Hall–Kier alpha value is -3.80. The Morgan fingerprint density at radius 3 is 2.50 bits per heavy atom. The van der Waals surface area contributed by atoms with E-state index in [1.165, 1.54) is 45.2 Å². The van der Waals surface area contributed by atoms with Crippen LogP contribution >= 0.6 is 0 Å². The lowest BCUT2D eigenvalue weighted by Crippen LogP contribution is -2.51. The fraction of sp³-hybridized carbons (Fsp3) is 0.318. The van der Waals surface area contributed by atoms with Crippen LogP contribution in [0.3, 0.4) is 0 Å². The van der Waals surface area contributed by atoms with Crippen LogP contribution in [0.1, 0.15) is 31.1 Å². The highest BCUT2D eigenvalue weighted by Crippen LogP contribution is 2.35. The van der Waals surface area contributed by atoms with E-state index >= 15 is 0 Å². The Balaban J connectivity index is 1.91. The van der Waals surface area contributed by atoms with Gasteiger partial charge < -0.3 is 25.2 Å². The van der Waals surface area contributed by atoms with Crippen molar-refractivity contribution >= 4 is 29.5 Å². The van der Waals surface area contributed by atoms with E-state index in [9.17, 15) is 27.9 Å². The van der Waals surface area contributed by atoms with Gasteiger partial charge in [0.05, 0.1) is 24.4 Å². The summed E-state index contributed by atoms with van der Waals surface area (Å²) in [4.78, 5) is 30.9. The van der Waals surface area contributed by atoms with Crippen molar-refractivity contribution in [3.63, 3.8) is 0 Å². The Labute approximate surface area is 193 Å².